The maximum absolute atomic E-state index is 13.3. The van der Waals surface area contributed by atoms with Crippen LogP contribution in [0, 0.1) is 0 Å². The van der Waals surface area contributed by atoms with Crippen LogP contribution in [0.1, 0.15) is 0 Å². The van der Waals surface area contributed by atoms with Crippen molar-refractivity contribution in [3.8, 4) is 0 Å². The van der Waals surface area contributed by atoms with Gasteiger partial charge in [0, 0.05) is 0 Å². The summed E-state index contributed by atoms with van der Waals surface area (Å²) in [4.78, 5) is 0. The van der Waals surface area contributed by atoms with Gasteiger partial charge < -0.3 is 0 Å². The molecule has 3 nitrogen and oxygen atoms in total. The largest absolute Gasteiger partial charge is 0.300 e. The second-order valence-corrected chi connectivity index (χ2v) is 6.57. The van der Waals surface area contributed by atoms with Crippen LogP contribution in [0.15, 0.2) is 0 Å². The molecule has 0 aromatic heterocycles. The summed E-state index contributed by atoms with van der Waals surface area (Å²) in [7, 11) is -5.91. The third-order valence-corrected chi connectivity index (χ3v) is 3.99. The average molecular weight is 434 g/mol. The van der Waals surface area contributed by atoms with E-state index in [-0.39, 0.29) is 0 Å². The lowest BCUT2D eigenvalue weighted by Gasteiger charge is -2.27. The molecule has 10 atom stereocenters. The molecule has 10 unspecified atom stereocenters. The fraction of sp³-hybridized carbons (Fsp3) is 1.00. The summed E-state index contributed by atoms with van der Waals surface area (Å²) in [6.45, 7) is -2.17. The third-order valence-electron chi connectivity index (χ3n) is 3.16. The van der Waals surface area contributed by atoms with E-state index in [2.05, 4.69) is 0 Å². The Kier molecular flexibility index (Phi) is 9.57. The van der Waals surface area contributed by atoms with Crippen molar-refractivity contribution >= 4 is 10.1 Å². The Bertz CT molecular complexity index is 524. The van der Waals surface area contributed by atoms with Crippen molar-refractivity contribution in [1.29, 1.82) is 0 Å². The monoisotopic (exact) mass is 434 g/mol. The van der Waals surface area contributed by atoms with E-state index in [1.165, 1.54) is 0 Å². The van der Waals surface area contributed by atoms with Crippen LogP contribution < -0.4 is 0 Å². The summed E-state index contributed by atoms with van der Waals surface area (Å²) >= 11 is 0. The van der Waals surface area contributed by atoms with E-state index in [1.807, 2.05) is 0 Å². The number of rotatable bonds is 11. The molecule has 0 aliphatic carbocycles. The number of halogens is 11. The Morgan fingerprint density at radius 3 is 1.12 bits per heavy atom. The Hall–Kier alpha value is -0.860. The molecule has 0 bridgehead atoms. The summed E-state index contributed by atoms with van der Waals surface area (Å²) in [6, 6.07) is 0. The fourth-order valence-corrected chi connectivity index (χ4v) is 2.13. The lowest BCUT2D eigenvalue weighted by molar-refractivity contribution is -0.0586. The topological polar surface area (TPSA) is 54.4 Å². The van der Waals surface area contributed by atoms with Crippen LogP contribution in [0.3, 0.4) is 0 Å². The van der Waals surface area contributed by atoms with E-state index < -0.39 is 77.8 Å². The predicted molar refractivity (Wildman–Crippen MR) is 66.5 cm³/mol. The fourth-order valence-electron chi connectivity index (χ4n) is 1.65. The minimum Gasteiger partial charge on any atom is -0.283 e. The molecular formula is C11H13F11O3S. The van der Waals surface area contributed by atoms with Crippen molar-refractivity contribution in [2.45, 2.75) is 61.0 Å². The molecule has 1 N–H and O–H groups in total. The van der Waals surface area contributed by atoms with Gasteiger partial charge in [-0.05, 0) is 0 Å². The van der Waals surface area contributed by atoms with Gasteiger partial charge in [-0.15, -0.1) is 0 Å². The SMILES string of the molecule is O=S(=O)(O)C(F)C(F)C(F)C(F)C(F)C(F)C(F)C(F)C(F)C(F)CF. The van der Waals surface area contributed by atoms with Gasteiger partial charge in [0.25, 0.3) is 5.50 Å². The minimum absolute atomic E-state index is 2.17. The van der Waals surface area contributed by atoms with Gasteiger partial charge in [-0.1, -0.05) is 0 Å². The van der Waals surface area contributed by atoms with Crippen molar-refractivity contribution in [2.24, 2.45) is 0 Å². The zero-order valence-electron chi connectivity index (χ0n) is 12.3. The molecular weight excluding hydrogens is 421 g/mol. The first-order valence-electron chi connectivity index (χ1n) is 6.61. The summed E-state index contributed by atoms with van der Waals surface area (Å²) < 4.78 is 171. The minimum atomic E-state index is -5.91. The number of hydrogen-bond acceptors (Lipinski definition) is 2. The molecule has 0 aromatic rings. The van der Waals surface area contributed by atoms with Gasteiger partial charge in [-0.25, -0.2) is 48.3 Å². The molecule has 0 saturated carbocycles. The van der Waals surface area contributed by atoms with Gasteiger partial charge >= 0.3 is 10.1 Å². The zero-order valence-corrected chi connectivity index (χ0v) is 13.1. The molecule has 0 aromatic carbocycles. The quantitative estimate of drug-likeness (QED) is 0.402. The van der Waals surface area contributed by atoms with Crippen molar-refractivity contribution in [2.75, 3.05) is 6.67 Å². The maximum atomic E-state index is 13.3. The normalized spacial score (nSPS) is 24.6. The average Bonchev–Trinajstić information content (AvgIpc) is 2.60. The summed E-state index contributed by atoms with van der Waals surface area (Å²) in [6.07, 6.45) is -35.2. The first-order chi connectivity index (χ1) is 11.7. The van der Waals surface area contributed by atoms with Crippen molar-refractivity contribution in [1.82, 2.24) is 0 Å². The van der Waals surface area contributed by atoms with Crippen LogP contribution in [0.4, 0.5) is 48.3 Å². The summed E-state index contributed by atoms with van der Waals surface area (Å²) in [5, 5.41) is 0. The molecule has 0 amide bonds. The molecule has 15 heteroatoms. The van der Waals surface area contributed by atoms with Crippen LogP contribution in [0.5, 0.6) is 0 Å². The van der Waals surface area contributed by atoms with E-state index >= 15 is 0 Å². The van der Waals surface area contributed by atoms with E-state index in [4.69, 9.17) is 4.55 Å². The molecule has 0 aliphatic rings. The molecule has 0 saturated heterocycles. The lowest BCUT2D eigenvalue weighted by Crippen LogP contribution is -2.49. The maximum Gasteiger partial charge on any atom is 0.300 e. The first kappa shape index (κ1) is 25.1. The Morgan fingerprint density at radius 1 is 0.577 bits per heavy atom. The highest BCUT2D eigenvalue weighted by molar-refractivity contribution is 7.86. The highest BCUT2D eigenvalue weighted by atomic mass is 32.2. The molecule has 158 valence electrons. The number of hydrogen-bond donors (Lipinski definition) is 1. The van der Waals surface area contributed by atoms with Crippen molar-refractivity contribution in [3.05, 3.63) is 0 Å². The second-order valence-electron chi connectivity index (χ2n) is 5.09. The molecule has 0 spiro atoms. The van der Waals surface area contributed by atoms with Gasteiger partial charge in [0.2, 0.25) is 0 Å². The van der Waals surface area contributed by atoms with E-state index in [1.54, 1.807) is 0 Å². The van der Waals surface area contributed by atoms with Gasteiger partial charge in [0.15, 0.2) is 55.5 Å². The van der Waals surface area contributed by atoms with Gasteiger partial charge in [-0.2, -0.15) is 8.42 Å². The Labute approximate surface area is 140 Å². The number of alkyl halides is 11. The van der Waals surface area contributed by atoms with Gasteiger partial charge in [-0.3, -0.25) is 4.55 Å². The molecule has 0 radical (unpaired) electrons. The molecule has 0 heterocycles. The molecule has 0 fully saturated rings. The van der Waals surface area contributed by atoms with Crippen LogP contribution in [0.25, 0.3) is 0 Å². The molecule has 0 aliphatic heterocycles. The van der Waals surface area contributed by atoms with E-state index in [9.17, 15) is 56.7 Å². The zero-order chi connectivity index (χ0) is 21.0. The predicted octanol–water partition coefficient (Wildman–Crippen LogP) is 3.18. The van der Waals surface area contributed by atoms with E-state index in [0.717, 1.165) is 0 Å². The highest BCUT2D eigenvalue weighted by Gasteiger charge is 2.51. The van der Waals surface area contributed by atoms with Crippen LogP contribution in [-0.4, -0.2) is 80.7 Å². The van der Waals surface area contributed by atoms with E-state index in [0.29, 0.717) is 0 Å². The summed E-state index contributed by atoms with van der Waals surface area (Å²) in [5.74, 6) is 0. The third kappa shape index (κ3) is 6.09. The first-order valence-corrected chi connectivity index (χ1v) is 8.11. The van der Waals surface area contributed by atoms with Crippen molar-refractivity contribution in [3.63, 3.8) is 0 Å². The van der Waals surface area contributed by atoms with Gasteiger partial charge in [0.05, 0.1) is 0 Å². The van der Waals surface area contributed by atoms with Crippen LogP contribution in [-0.2, 0) is 10.1 Å². The summed E-state index contributed by atoms with van der Waals surface area (Å²) in [5.41, 5.74) is -4.11. The van der Waals surface area contributed by atoms with Crippen molar-refractivity contribution < 1.29 is 61.3 Å². The van der Waals surface area contributed by atoms with Gasteiger partial charge in [0.1, 0.15) is 6.67 Å². The molecule has 0 rings (SSSR count). The lowest BCUT2D eigenvalue weighted by atomic mass is 9.97. The van der Waals surface area contributed by atoms with Crippen LogP contribution >= 0.6 is 0 Å². The smallest absolute Gasteiger partial charge is 0.283 e. The van der Waals surface area contributed by atoms with Crippen LogP contribution in [0.2, 0.25) is 0 Å². The Balaban J connectivity index is 5.12. The Morgan fingerprint density at radius 2 is 0.846 bits per heavy atom. The second kappa shape index (κ2) is 9.90. The standard InChI is InChI=1S/C11H13F11O3S/c12-1-2(13)3(14)4(15)5(16)6(17)7(18)8(19)9(20)10(21)11(22)26(23,24)25/h2-11H,1H2,(H,23,24,25). The highest BCUT2D eigenvalue weighted by Crippen LogP contribution is 2.30. The molecule has 26 heavy (non-hydrogen) atoms.